The van der Waals surface area contributed by atoms with E-state index in [1.807, 2.05) is 0 Å². The summed E-state index contributed by atoms with van der Waals surface area (Å²) in [5.74, 6) is -6.20. The smallest absolute Gasteiger partial charge is 0.191 e. The first-order valence-corrected chi connectivity index (χ1v) is 5.93. The Morgan fingerprint density at radius 3 is 1.76 bits per heavy atom. The molecule has 0 aliphatic carbocycles. The van der Waals surface area contributed by atoms with E-state index in [4.69, 9.17) is 0 Å². The predicted molar refractivity (Wildman–Crippen MR) is 71.2 cm³/mol. The third kappa shape index (κ3) is 2.86. The van der Waals surface area contributed by atoms with Gasteiger partial charge in [0.1, 0.15) is 5.69 Å². The molecule has 0 heterocycles. The molecule has 0 unspecified atom stereocenters. The highest BCUT2D eigenvalue weighted by Gasteiger charge is 2.26. The topological polar surface area (TPSA) is 28.0 Å². The van der Waals surface area contributed by atoms with Gasteiger partial charge < -0.3 is 4.90 Å². The van der Waals surface area contributed by atoms with Crippen molar-refractivity contribution in [3.63, 3.8) is 0 Å². The summed E-state index contributed by atoms with van der Waals surface area (Å²) in [4.78, 5) is 0.939. The van der Waals surface area contributed by atoms with Gasteiger partial charge in [-0.25, -0.2) is 17.6 Å². The number of hydrogen-bond acceptors (Lipinski definition) is 3. The fraction of sp³-hybridized carbons (Fsp3) is 0.143. The Labute approximate surface area is 118 Å². The number of anilines is 1. The molecule has 3 nitrogen and oxygen atoms in total. The van der Waals surface area contributed by atoms with Crippen LogP contribution in [0, 0.1) is 23.3 Å². The summed E-state index contributed by atoms with van der Waals surface area (Å²) in [6.45, 7) is 0. The highest BCUT2D eigenvalue weighted by atomic mass is 19.2. The van der Waals surface area contributed by atoms with E-state index in [1.165, 1.54) is 26.2 Å². The SMILES string of the molecule is CN(C)c1c(F)c(F)c(N=Nc2ccccc2)c(F)c1F. The molecule has 0 atom stereocenters. The van der Waals surface area contributed by atoms with Crippen LogP contribution in [0.3, 0.4) is 0 Å². The van der Waals surface area contributed by atoms with Crippen molar-refractivity contribution in [2.75, 3.05) is 19.0 Å². The Morgan fingerprint density at radius 2 is 1.29 bits per heavy atom. The second-order valence-electron chi connectivity index (χ2n) is 4.38. The molecular formula is C14H11F4N3. The molecule has 0 fully saturated rings. The summed E-state index contributed by atoms with van der Waals surface area (Å²) < 4.78 is 55.1. The summed E-state index contributed by atoms with van der Waals surface area (Å²) in [6, 6.07) is 8.04. The summed E-state index contributed by atoms with van der Waals surface area (Å²) in [5, 5.41) is 6.83. The molecule has 0 aliphatic rings. The van der Waals surface area contributed by atoms with Crippen LogP contribution >= 0.6 is 0 Å². The summed E-state index contributed by atoms with van der Waals surface area (Å²) >= 11 is 0. The molecule has 0 bridgehead atoms. The number of hydrogen-bond donors (Lipinski definition) is 0. The van der Waals surface area contributed by atoms with Crippen LogP contribution < -0.4 is 4.90 Å². The van der Waals surface area contributed by atoms with Crippen LogP contribution in [-0.4, -0.2) is 14.1 Å². The number of rotatable bonds is 3. The number of benzene rings is 2. The molecule has 0 saturated carbocycles. The summed E-state index contributed by atoms with van der Waals surface area (Å²) in [6.07, 6.45) is 0. The average molecular weight is 297 g/mol. The quantitative estimate of drug-likeness (QED) is 0.457. The van der Waals surface area contributed by atoms with Crippen LogP contribution in [0.1, 0.15) is 0 Å². The fourth-order valence-electron chi connectivity index (χ4n) is 1.69. The van der Waals surface area contributed by atoms with Gasteiger partial charge in [-0.15, -0.1) is 5.11 Å². The Balaban J connectivity index is 2.53. The second-order valence-corrected chi connectivity index (χ2v) is 4.38. The van der Waals surface area contributed by atoms with Gasteiger partial charge in [0.2, 0.25) is 0 Å². The second kappa shape index (κ2) is 5.90. The van der Waals surface area contributed by atoms with Gasteiger partial charge in [0.25, 0.3) is 0 Å². The predicted octanol–water partition coefficient (Wildman–Crippen LogP) is 4.72. The third-order valence-corrected chi connectivity index (χ3v) is 2.69. The lowest BCUT2D eigenvalue weighted by Crippen LogP contribution is -2.15. The molecule has 2 aromatic carbocycles. The van der Waals surface area contributed by atoms with E-state index >= 15 is 0 Å². The van der Waals surface area contributed by atoms with Gasteiger partial charge in [0.05, 0.1) is 5.69 Å². The Kier molecular flexibility index (Phi) is 4.21. The number of azo groups is 1. The molecule has 2 rings (SSSR count). The van der Waals surface area contributed by atoms with E-state index in [0.717, 1.165) is 4.90 Å². The van der Waals surface area contributed by atoms with Crippen molar-refractivity contribution >= 4 is 17.1 Å². The zero-order valence-corrected chi connectivity index (χ0v) is 11.2. The molecule has 0 spiro atoms. The van der Waals surface area contributed by atoms with Gasteiger partial charge >= 0.3 is 0 Å². The van der Waals surface area contributed by atoms with Gasteiger partial charge in [-0.2, -0.15) is 5.11 Å². The Morgan fingerprint density at radius 1 is 0.762 bits per heavy atom. The van der Waals surface area contributed by atoms with Crippen molar-refractivity contribution in [3.8, 4) is 0 Å². The summed E-state index contributed by atoms with van der Waals surface area (Å²) in [5.41, 5.74) is -1.60. The maximum Gasteiger partial charge on any atom is 0.191 e. The van der Waals surface area contributed by atoms with Crippen molar-refractivity contribution in [1.29, 1.82) is 0 Å². The number of halogens is 4. The Bertz CT molecular complexity index is 655. The first kappa shape index (κ1) is 15.0. The minimum atomic E-state index is -1.59. The third-order valence-electron chi connectivity index (χ3n) is 2.69. The van der Waals surface area contributed by atoms with E-state index in [-0.39, 0.29) is 0 Å². The van der Waals surface area contributed by atoms with Crippen LogP contribution in [0.2, 0.25) is 0 Å². The van der Waals surface area contributed by atoms with Crippen LogP contribution in [0.25, 0.3) is 0 Å². The van der Waals surface area contributed by atoms with Crippen molar-refractivity contribution in [2.45, 2.75) is 0 Å². The lowest BCUT2D eigenvalue weighted by molar-refractivity contribution is 0.457. The van der Waals surface area contributed by atoms with Gasteiger partial charge in [0.15, 0.2) is 29.0 Å². The monoisotopic (exact) mass is 297 g/mol. The Hall–Kier alpha value is -2.44. The van der Waals surface area contributed by atoms with Gasteiger partial charge in [-0.1, -0.05) is 18.2 Å². The highest BCUT2D eigenvalue weighted by molar-refractivity contribution is 5.57. The number of nitrogens with zero attached hydrogens (tertiary/aromatic N) is 3. The maximum atomic E-state index is 13.8. The zero-order chi connectivity index (χ0) is 15.6. The van der Waals surface area contributed by atoms with Crippen LogP contribution in [0.5, 0.6) is 0 Å². The van der Waals surface area contributed by atoms with Crippen LogP contribution in [-0.2, 0) is 0 Å². The van der Waals surface area contributed by atoms with E-state index < -0.39 is 34.6 Å². The minimum Gasteiger partial charge on any atom is -0.373 e. The molecule has 0 aliphatic heterocycles. The molecule has 0 saturated heterocycles. The van der Waals surface area contributed by atoms with Crippen molar-refractivity contribution in [1.82, 2.24) is 0 Å². The standard InChI is InChI=1S/C14H11F4N3/c1-21(2)14-11(17)9(15)13(10(16)12(14)18)20-19-8-6-4-3-5-7-8/h3-7H,1-2H3. The molecule has 110 valence electrons. The average Bonchev–Trinajstić information content (AvgIpc) is 2.46. The van der Waals surface area contributed by atoms with E-state index in [0.29, 0.717) is 5.69 Å². The molecule has 7 heteroatoms. The first-order valence-electron chi connectivity index (χ1n) is 5.93. The maximum absolute atomic E-state index is 13.8. The van der Waals surface area contributed by atoms with Crippen molar-refractivity contribution in [2.24, 2.45) is 10.2 Å². The van der Waals surface area contributed by atoms with E-state index in [1.54, 1.807) is 18.2 Å². The molecule has 0 amide bonds. The normalized spacial score (nSPS) is 11.1. The van der Waals surface area contributed by atoms with Crippen LogP contribution in [0.4, 0.5) is 34.6 Å². The molecule has 21 heavy (non-hydrogen) atoms. The van der Waals surface area contributed by atoms with Crippen LogP contribution in [0.15, 0.2) is 40.6 Å². The molecule has 0 radical (unpaired) electrons. The van der Waals surface area contributed by atoms with Gasteiger partial charge in [-0.3, -0.25) is 0 Å². The van der Waals surface area contributed by atoms with Crippen molar-refractivity contribution < 1.29 is 17.6 Å². The molecular weight excluding hydrogens is 286 g/mol. The lowest BCUT2D eigenvalue weighted by Gasteiger charge is -2.16. The van der Waals surface area contributed by atoms with Gasteiger partial charge in [0, 0.05) is 14.1 Å². The molecule has 0 N–H and O–H groups in total. The molecule has 2 aromatic rings. The fourth-order valence-corrected chi connectivity index (χ4v) is 1.69. The highest BCUT2D eigenvalue weighted by Crippen LogP contribution is 2.35. The van der Waals surface area contributed by atoms with Crippen molar-refractivity contribution in [3.05, 3.63) is 53.6 Å². The zero-order valence-electron chi connectivity index (χ0n) is 11.2. The lowest BCUT2D eigenvalue weighted by atomic mass is 10.2. The molecule has 0 aromatic heterocycles. The van der Waals surface area contributed by atoms with E-state index in [2.05, 4.69) is 10.2 Å². The summed E-state index contributed by atoms with van der Waals surface area (Å²) in [7, 11) is 2.54. The van der Waals surface area contributed by atoms with Gasteiger partial charge in [-0.05, 0) is 12.1 Å². The largest absolute Gasteiger partial charge is 0.373 e. The first-order chi connectivity index (χ1) is 9.93. The van der Waals surface area contributed by atoms with E-state index in [9.17, 15) is 17.6 Å². The minimum absolute atomic E-state index is 0.300.